The molecule has 4 aromatic rings. The lowest BCUT2D eigenvalue weighted by atomic mass is 9.89. The van der Waals surface area contributed by atoms with Crippen LogP contribution in [0.25, 0.3) is 11.1 Å². The molecule has 1 heterocycles. The van der Waals surface area contributed by atoms with Crippen LogP contribution < -0.4 is 5.32 Å². The van der Waals surface area contributed by atoms with Gasteiger partial charge in [0.25, 0.3) is 0 Å². The third-order valence-electron chi connectivity index (χ3n) is 9.10. The summed E-state index contributed by atoms with van der Waals surface area (Å²) in [6, 6.07) is 33.6. The number of rotatable bonds is 13. The zero-order valence-electron chi connectivity index (χ0n) is 27.9. The number of likely N-dealkylation sites (N-methyl/N-ethyl adjacent to an activating group) is 1. The second-order valence-corrected chi connectivity index (χ2v) is 12.4. The van der Waals surface area contributed by atoms with Gasteiger partial charge in [0.2, 0.25) is 0 Å². The summed E-state index contributed by atoms with van der Waals surface area (Å²) in [6.45, 7) is 8.82. The van der Waals surface area contributed by atoms with Gasteiger partial charge in [-0.05, 0) is 53.4 Å². The van der Waals surface area contributed by atoms with Crippen molar-refractivity contribution in [3.63, 3.8) is 0 Å². The van der Waals surface area contributed by atoms with Gasteiger partial charge in [-0.15, -0.1) is 0 Å². The van der Waals surface area contributed by atoms with E-state index in [0.29, 0.717) is 13.1 Å². The highest BCUT2D eigenvalue weighted by molar-refractivity contribution is 5.68. The first-order valence-electron chi connectivity index (χ1n) is 16.4. The number of benzene rings is 4. The van der Waals surface area contributed by atoms with E-state index < -0.39 is 18.5 Å². The third kappa shape index (κ3) is 8.78. The predicted molar refractivity (Wildman–Crippen MR) is 187 cm³/mol. The van der Waals surface area contributed by atoms with Crippen LogP contribution in [0.2, 0.25) is 0 Å². The Kier molecular flexibility index (Phi) is 12.2. The number of nitrogens with zero attached hydrogens (tertiary/aromatic N) is 1. The molecule has 5 rings (SSSR count). The maximum atomic E-state index is 11.9. The van der Waals surface area contributed by atoms with Gasteiger partial charge in [0.1, 0.15) is 6.61 Å². The van der Waals surface area contributed by atoms with Gasteiger partial charge in [-0.3, -0.25) is 4.90 Å². The van der Waals surface area contributed by atoms with Crippen LogP contribution in [-0.2, 0) is 27.4 Å². The Labute approximate surface area is 283 Å². The monoisotopic (exact) mass is 650 g/mol. The highest BCUT2D eigenvalue weighted by Gasteiger charge is 2.39. The highest BCUT2D eigenvalue weighted by Crippen LogP contribution is 2.42. The summed E-state index contributed by atoms with van der Waals surface area (Å²) in [5.41, 5.74) is 6.64. The number of carbonyl (C=O) groups excluding carboxylic acids is 1. The van der Waals surface area contributed by atoms with Crippen LogP contribution in [0.4, 0.5) is 4.79 Å². The Balaban J connectivity index is 1.33. The lowest BCUT2D eigenvalue weighted by Crippen LogP contribution is -2.46. The minimum Gasteiger partial charge on any atom is -0.445 e. The number of hydrogen-bond donors (Lipinski definition) is 3. The Hall–Kier alpha value is -4.31. The lowest BCUT2D eigenvalue weighted by Gasteiger charge is -2.43. The Morgan fingerprint density at radius 2 is 1.65 bits per heavy atom. The molecule has 3 N–H and O–H groups in total. The molecule has 1 aliphatic rings. The molecule has 48 heavy (non-hydrogen) atoms. The van der Waals surface area contributed by atoms with Crippen LogP contribution in [0.3, 0.4) is 0 Å². The van der Waals surface area contributed by atoms with Crippen molar-refractivity contribution in [3.8, 4) is 11.1 Å². The normalized spacial score (nSPS) is 20.5. The Bertz CT molecular complexity index is 1610. The molecule has 0 aromatic heterocycles. The average molecular weight is 651 g/mol. The van der Waals surface area contributed by atoms with E-state index in [2.05, 4.69) is 35.9 Å². The predicted octanol–water partition coefficient (Wildman–Crippen LogP) is 7.10. The minimum absolute atomic E-state index is 0.00872. The van der Waals surface area contributed by atoms with Gasteiger partial charge < -0.3 is 29.7 Å². The van der Waals surface area contributed by atoms with Gasteiger partial charge >= 0.3 is 6.09 Å². The number of hydrogen-bond acceptors (Lipinski definition) is 7. The number of alkyl carbamates (subject to hydrolysis) is 1. The van der Waals surface area contributed by atoms with Gasteiger partial charge in [0, 0.05) is 30.6 Å². The summed E-state index contributed by atoms with van der Waals surface area (Å²) in [4.78, 5) is 14.0. The Morgan fingerprint density at radius 3 is 2.33 bits per heavy atom. The number of aliphatic hydroxyl groups is 2. The first-order chi connectivity index (χ1) is 23.3. The van der Waals surface area contributed by atoms with Crippen LogP contribution in [-0.4, -0.2) is 53.6 Å². The van der Waals surface area contributed by atoms with Crippen molar-refractivity contribution in [2.75, 3.05) is 20.2 Å². The van der Waals surface area contributed by atoms with Crippen molar-refractivity contribution in [1.82, 2.24) is 10.2 Å². The van der Waals surface area contributed by atoms with Crippen molar-refractivity contribution >= 4 is 6.09 Å². The van der Waals surface area contributed by atoms with Crippen LogP contribution in [0.1, 0.15) is 60.2 Å². The van der Waals surface area contributed by atoms with Crippen LogP contribution in [0.5, 0.6) is 0 Å². The SMILES string of the molecule is C=CCOC(=O)NCc1cccc(-c2ccc([C@@H]3O[C@H](CN(C)[C@H](C)[C@@H](O)c4ccccc4)[C@H](C)[C@H](c4ccc(CO)cc4)O3)cc2)c1. The molecule has 8 nitrogen and oxygen atoms in total. The first kappa shape index (κ1) is 35.0. The highest BCUT2D eigenvalue weighted by atomic mass is 16.7. The van der Waals surface area contributed by atoms with E-state index in [1.165, 1.54) is 6.08 Å². The summed E-state index contributed by atoms with van der Waals surface area (Å²) >= 11 is 0. The summed E-state index contributed by atoms with van der Waals surface area (Å²) in [7, 11) is 2.02. The number of carbonyl (C=O) groups is 1. The number of aliphatic hydroxyl groups excluding tert-OH is 2. The van der Waals surface area contributed by atoms with Crippen LogP contribution >= 0.6 is 0 Å². The maximum Gasteiger partial charge on any atom is 0.407 e. The van der Waals surface area contributed by atoms with Crippen LogP contribution in [0, 0.1) is 5.92 Å². The van der Waals surface area contributed by atoms with E-state index in [-0.39, 0.29) is 37.4 Å². The number of nitrogens with one attached hydrogen (secondary N) is 1. The summed E-state index contributed by atoms with van der Waals surface area (Å²) in [6.07, 6.45) is -0.643. The van der Waals surface area contributed by atoms with E-state index >= 15 is 0 Å². The molecule has 252 valence electrons. The largest absolute Gasteiger partial charge is 0.445 e. The van der Waals surface area contributed by atoms with Crippen molar-refractivity contribution in [3.05, 3.63) is 144 Å². The molecule has 6 atom stereocenters. The molecule has 0 bridgehead atoms. The number of amides is 1. The molecular weight excluding hydrogens is 604 g/mol. The van der Waals surface area contributed by atoms with E-state index in [9.17, 15) is 15.0 Å². The van der Waals surface area contributed by atoms with Crippen molar-refractivity contribution in [2.24, 2.45) is 5.92 Å². The van der Waals surface area contributed by atoms with Gasteiger partial charge in [-0.1, -0.05) is 117 Å². The third-order valence-corrected chi connectivity index (χ3v) is 9.10. The van der Waals surface area contributed by atoms with E-state index in [4.69, 9.17) is 14.2 Å². The van der Waals surface area contributed by atoms with Crippen LogP contribution in [0.15, 0.2) is 116 Å². The first-order valence-corrected chi connectivity index (χ1v) is 16.4. The molecular formula is C40H46N2O6. The fourth-order valence-electron chi connectivity index (χ4n) is 6.00. The molecule has 0 unspecified atom stereocenters. The molecule has 0 radical (unpaired) electrons. The second kappa shape index (κ2) is 16.7. The molecule has 0 aliphatic carbocycles. The summed E-state index contributed by atoms with van der Waals surface area (Å²) in [5.74, 6) is 0.00872. The molecule has 1 fully saturated rings. The zero-order chi connectivity index (χ0) is 34.0. The molecule has 8 heteroatoms. The molecule has 4 aromatic carbocycles. The molecule has 0 saturated carbocycles. The summed E-state index contributed by atoms with van der Waals surface area (Å²) < 4.78 is 18.4. The zero-order valence-corrected chi connectivity index (χ0v) is 27.9. The van der Waals surface area contributed by atoms with Crippen molar-refractivity contribution in [1.29, 1.82) is 0 Å². The maximum absolute atomic E-state index is 11.9. The average Bonchev–Trinajstić information content (AvgIpc) is 3.13. The van der Waals surface area contributed by atoms with E-state index in [1.807, 2.05) is 105 Å². The smallest absolute Gasteiger partial charge is 0.407 e. The van der Waals surface area contributed by atoms with Crippen molar-refractivity contribution < 1.29 is 29.2 Å². The van der Waals surface area contributed by atoms with Gasteiger partial charge in [-0.2, -0.15) is 0 Å². The fraction of sp³-hybridized carbons (Fsp3) is 0.325. The number of ether oxygens (including phenoxy) is 3. The van der Waals surface area contributed by atoms with E-state index in [1.54, 1.807) is 0 Å². The van der Waals surface area contributed by atoms with Gasteiger partial charge in [0.15, 0.2) is 6.29 Å². The Morgan fingerprint density at radius 1 is 0.938 bits per heavy atom. The molecule has 1 amide bonds. The molecule has 1 saturated heterocycles. The summed E-state index contributed by atoms with van der Waals surface area (Å²) in [5, 5.41) is 23.5. The van der Waals surface area contributed by atoms with E-state index in [0.717, 1.165) is 38.9 Å². The fourth-order valence-corrected chi connectivity index (χ4v) is 6.00. The molecule has 0 spiro atoms. The topological polar surface area (TPSA) is 100 Å². The van der Waals surface area contributed by atoms with Crippen molar-refractivity contribution in [2.45, 2.75) is 57.6 Å². The quantitative estimate of drug-likeness (QED) is 0.133. The van der Waals surface area contributed by atoms with Gasteiger partial charge in [-0.25, -0.2) is 4.79 Å². The minimum atomic E-state index is -0.642. The lowest BCUT2D eigenvalue weighted by molar-refractivity contribution is -0.276. The second-order valence-electron chi connectivity index (χ2n) is 12.4. The molecule has 1 aliphatic heterocycles. The standard InChI is InChI=1S/C40H46N2O6/c1-5-22-46-40(45)41-24-30-10-9-13-35(23-30)31-18-20-34(21-19-31)39-47-36(25-42(4)28(3)37(44)32-11-7-6-8-12-32)27(2)38(48-39)33-16-14-29(26-43)15-17-33/h5-21,23,27-28,36-39,43-44H,1,22,24-26H2,2-4H3,(H,41,45)/t27-,28+,36+,37+,38+,39+/m0/s1. The van der Waals surface area contributed by atoms with Gasteiger partial charge in [0.05, 0.1) is 24.9 Å².